The molecular formula is C24H38IN5O2. The third-order valence-corrected chi connectivity index (χ3v) is 6.67. The van der Waals surface area contributed by atoms with Gasteiger partial charge in [0.1, 0.15) is 6.54 Å². The largest absolute Gasteiger partial charge is 0.356 e. The minimum Gasteiger partial charge on any atom is -0.356 e. The summed E-state index contributed by atoms with van der Waals surface area (Å²) in [5.74, 6) is 1.51. The van der Waals surface area contributed by atoms with Gasteiger partial charge in [0.15, 0.2) is 5.96 Å². The van der Waals surface area contributed by atoms with Crippen LogP contribution in [0.15, 0.2) is 35.3 Å². The fraction of sp³-hybridized carbons (Fsp3) is 0.625. The van der Waals surface area contributed by atoms with Crippen molar-refractivity contribution in [1.82, 2.24) is 20.4 Å². The van der Waals surface area contributed by atoms with Gasteiger partial charge in [-0.05, 0) is 24.3 Å². The van der Waals surface area contributed by atoms with Crippen LogP contribution < -0.4 is 10.6 Å². The fourth-order valence-corrected chi connectivity index (χ4v) is 4.66. The summed E-state index contributed by atoms with van der Waals surface area (Å²) < 4.78 is 0. The van der Waals surface area contributed by atoms with Crippen molar-refractivity contribution >= 4 is 41.8 Å². The molecule has 178 valence electrons. The Labute approximate surface area is 209 Å². The van der Waals surface area contributed by atoms with Gasteiger partial charge in [0.25, 0.3) is 0 Å². The third-order valence-electron chi connectivity index (χ3n) is 6.67. The predicted molar refractivity (Wildman–Crippen MR) is 139 cm³/mol. The second-order valence-electron chi connectivity index (χ2n) is 9.17. The molecule has 1 aliphatic heterocycles. The number of rotatable bonds is 6. The van der Waals surface area contributed by atoms with E-state index in [1.54, 1.807) is 19.0 Å². The third kappa shape index (κ3) is 6.83. The molecule has 1 aromatic carbocycles. The molecule has 0 spiro atoms. The lowest BCUT2D eigenvalue weighted by Crippen LogP contribution is -2.48. The van der Waals surface area contributed by atoms with E-state index in [0.717, 1.165) is 12.0 Å². The summed E-state index contributed by atoms with van der Waals surface area (Å²) in [6.07, 6.45) is 5.31. The number of hydrogen-bond acceptors (Lipinski definition) is 3. The SMILES string of the molecule is CC1CCCCC1NC(=NCC(=O)N(C)C)NCC1CC(=O)N(C)C1c1ccccc1.I. The van der Waals surface area contributed by atoms with E-state index in [9.17, 15) is 9.59 Å². The van der Waals surface area contributed by atoms with Crippen LogP contribution >= 0.6 is 24.0 Å². The first-order valence-electron chi connectivity index (χ1n) is 11.4. The molecule has 2 aliphatic rings. The van der Waals surface area contributed by atoms with Crippen molar-refractivity contribution in [2.24, 2.45) is 16.8 Å². The molecule has 4 atom stereocenters. The summed E-state index contributed by atoms with van der Waals surface area (Å²) in [5, 5.41) is 7.02. The minimum atomic E-state index is -0.0317. The van der Waals surface area contributed by atoms with Crippen molar-refractivity contribution in [1.29, 1.82) is 0 Å². The summed E-state index contributed by atoms with van der Waals surface area (Å²) in [6, 6.07) is 10.6. The number of nitrogens with one attached hydrogen (secondary N) is 2. The summed E-state index contributed by atoms with van der Waals surface area (Å²) in [5.41, 5.74) is 1.15. The molecule has 2 fully saturated rings. The summed E-state index contributed by atoms with van der Waals surface area (Å²) in [4.78, 5) is 32.5. The van der Waals surface area contributed by atoms with Crippen LogP contribution in [0, 0.1) is 11.8 Å². The number of benzene rings is 1. The van der Waals surface area contributed by atoms with E-state index >= 15 is 0 Å². The highest BCUT2D eigenvalue weighted by Crippen LogP contribution is 2.36. The molecular weight excluding hydrogens is 517 g/mol. The second kappa shape index (κ2) is 12.4. The van der Waals surface area contributed by atoms with Crippen molar-refractivity contribution in [3.63, 3.8) is 0 Å². The van der Waals surface area contributed by atoms with Crippen molar-refractivity contribution in [3.8, 4) is 0 Å². The molecule has 1 aromatic rings. The Kier molecular flexibility index (Phi) is 10.2. The van der Waals surface area contributed by atoms with Crippen LogP contribution in [0.2, 0.25) is 0 Å². The fourth-order valence-electron chi connectivity index (χ4n) is 4.66. The van der Waals surface area contributed by atoms with Crippen LogP contribution in [0.25, 0.3) is 0 Å². The molecule has 0 bridgehead atoms. The van der Waals surface area contributed by atoms with E-state index in [2.05, 4.69) is 34.7 Å². The van der Waals surface area contributed by atoms with Crippen LogP contribution in [-0.4, -0.2) is 67.8 Å². The number of amides is 2. The maximum atomic E-state index is 12.5. The minimum absolute atomic E-state index is 0. The maximum Gasteiger partial charge on any atom is 0.243 e. The van der Waals surface area contributed by atoms with Gasteiger partial charge in [-0.3, -0.25) is 9.59 Å². The van der Waals surface area contributed by atoms with Crippen LogP contribution in [-0.2, 0) is 9.59 Å². The number of guanidine groups is 1. The predicted octanol–water partition coefficient (Wildman–Crippen LogP) is 3.03. The van der Waals surface area contributed by atoms with Gasteiger partial charge in [0.05, 0.1) is 6.04 Å². The Hall–Kier alpha value is -1.84. The Morgan fingerprint density at radius 3 is 2.53 bits per heavy atom. The lowest BCUT2D eigenvalue weighted by Gasteiger charge is -2.31. The molecule has 1 heterocycles. The van der Waals surface area contributed by atoms with E-state index in [0.29, 0.717) is 30.9 Å². The molecule has 1 saturated carbocycles. The van der Waals surface area contributed by atoms with E-state index in [1.165, 1.54) is 19.3 Å². The van der Waals surface area contributed by atoms with Gasteiger partial charge in [-0.1, -0.05) is 50.1 Å². The Morgan fingerprint density at radius 2 is 1.88 bits per heavy atom. The lowest BCUT2D eigenvalue weighted by atomic mass is 9.86. The van der Waals surface area contributed by atoms with Crippen molar-refractivity contribution in [3.05, 3.63) is 35.9 Å². The molecule has 1 saturated heterocycles. The first-order chi connectivity index (χ1) is 14.9. The zero-order valence-electron chi connectivity index (χ0n) is 19.7. The number of nitrogens with zero attached hydrogens (tertiary/aromatic N) is 3. The van der Waals surface area contributed by atoms with Gasteiger partial charge in [0.2, 0.25) is 11.8 Å². The van der Waals surface area contributed by atoms with Gasteiger partial charge < -0.3 is 20.4 Å². The van der Waals surface area contributed by atoms with Crippen LogP contribution in [0.3, 0.4) is 0 Å². The number of likely N-dealkylation sites (tertiary alicyclic amines) is 1. The zero-order chi connectivity index (χ0) is 22.4. The summed E-state index contributed by atoms with van der Waals surface area (Å²) >= 11 is 0. The summed E-state index contributed by atoms with van der Waals surface area (Å²) in [6.45, 7) is 3.00. The quantitative estimate of drug-likeness (QED) is 0.322. The normalized spacial score (nSPS) is 25.8. The van der Waals surface area contributed by atoms with Crippen LogP contribution in [0.4, 0.5) is 0 Å². The molecule has 7 nitrogen and oxygen atoms in total. The molecule has 3 rings (SSSR count). The number of likely N-dealkylation sites (N-methyl/N-ethyl adjacent to an activating group) is 1. The van der Waals surface area contributed by atoms with Crippen molar-refractivity contribution in [2.75, 3.05) is 34.2 Å². The van der Waals surface area contributed by atoms with Gasteiger partial charge in [-0.2, -0.15) is 0 Å². The second-order valence-corrected chi connectivity index (χ2v) is 9.17. The van der Waals surface area contributed by atoms with Crippen LogP contribution in [0.5, 0.6) is 0 Å². The Morgan fingerprint density at radius 1 is 1.19 bits per heavy atom. The van der Waals surface area contributed by atoms with E-state index in [4.69, 9.17) is 0 Å². The molecule has 32 heavy (non-hydrogen) atoms. The monoisotopic (exact) mass is 555 g/mol. The average molecular weight is 556 g/mol. The highest BCUT2D eigenvalue weighted by atomic mass is 127. The molecule has 8 heteroatoms. The van der Waals surface area contributed by atoms with E-state index in [1.807, 2.05) is 30.1 Å². The van der Waals surface area contributed by atoms with Gasteiger partial charge in [-0.25, -0.2) is 4.99 Å². The van der Waals surface area contributed by atoms with Gasteiger partial charge in [-0.15, -0.1) is 24.0 Å². The highest BCUT2D eigenvalue weighted by Gasteiger charge is 2.38. The molecule has 4 unspecified atom stereocenters. The Balaban J connectivity index is 0.00000363. The van der Waals surface area contributed by atoms with Gasteiger partial charge in [0, 0.05) is 46.1 Å². The van der Waals surface area contributed by atoms with Crippen molar-refractivity contribution in [2.45, 2.75) is 51.1 Å². The molecule has 0 aromatic heterocycles. The zero-order valence-corrected chi connectivity index (χ0v) is 22.0. The number of carbonyl (C=O) groups excluding carboxylic acids is 2. The highest BCUT2D eigenvalue weighted by molar-refractivity contribution is 14.0. The van der Waals surface area contributed by atoms with Gasteiger partial charge >= 0.3 is 0 Å². The number of hydrogen-bond donors (Lipinski definition) is 2. The average Bonchev–Trinajstić information content (AvgIpc) is 3.05. The Bertz CT molecular complexity index is 786. The first kappa shape index (κ1) is 26.4. The number of carbonyl (C=O) groups is 2. The van der Waals surface area contributed by atoms with E-state index < -0.39 is 0 Å². The topological polar surface area (TPSA) is 77.0 Å². The molecule has 1 aliphatic carbocycles. The molecule has 0 radical (unpaired) electrons. The lowest BCUT2D eigenvalue weighted by molar-refractivity contribution is -0.128. The first-order valence-corrected chi connectivity index (χ1v) is 11.4. The standard InChI is InChI=1S/C24H37N5O2.HI/c1-17-10-8-9-13-20(17)27-24(26-16-22(31)28(2)3)25-15-19-14-21(30)29(4)23(19)18-11-6-5-7-12-18;/h5-7,11-12,17,19-20,23H,8-10,13-16H2,1-4H3,(H2,25,26,27);1H. The smallest absolute Gasteiger partial charge is 0.243 e. The van der Waals surface area contributed by atoms with Crippen LogP contribution in [0.1, 0.15) is 50.6 Å². The molecule has 2 amide bonds. The maximum absolute atomic E-state index is 12.5. The number of halogens is 1. The van der Waals surface area contributed by atoms with E-state index in [-0.39, 0.29) is 54.3 Å². The summed E-state index contributed by atoms with van der Waals surface area (Å²) in [7, 11) is 5.37. The van der Waals surface area contributed by atoms with Crippen molar-refractivity contribution < 1.29 is 9.59 Å². The number of aliphatic imine (C=N–C) groups is 1. The molecule has 2 N–H and O–H groups in total.